The van der Waals surface area contributed by atoms with Crippen LogP contribution in [0.2, 0.25) is 0 Å². The zero-order valence-corrected chi connectivity index (χ0v) is 10.8. The number of nitrogens with two attached hydrogens (primary N) is 1. The van der Waals surface area contributed by atoms with Crippen molar-refractivity contribution in [1.29, 1.82) is 0 Å². The van der Waals surface area contributed by atoms with Crippen LogP contribution in [0.3, 0.4) is 0 Å². The average molecular weight is 251 g/mol. The second-order valence-electron chi connectivity index (χ2n) is 4.19. The second-order valence-corrected chi connectivity index (χ2v) is 4.19. The maximum atomic E-state index is 12.0. The van der Waals surface area contributed by atoms with Crippen molar-refractivity contribution in [3.63, 3.8) is 0 Å². The Morgan fingerprint density at radius 3 is 2.44 bits per heavy atom. The number of hydrogen-bond donors (Lipinski definition) is 1. The van der Waals surface area contributed by atoms with E-state index in [1.807, 2.05) is 11.5 Å². The zero-order valence-electron chi connectivity index (χ0n) is 10.8. The van der Waals surface area contributed by atoms with Crippen LogP contribution in [0.15, 0.2) is 9.59 Å². The van der Waals surface area contributed by atoms with E-state index in [1.54, 1.807) is 7.05 Å². The largest absolute Gasteiger partial charge is 0.332 e. The van der Waals surface area contributed by atoms with Gasteiger partial charge < -0.3 is 10.3 Å². The molecule has 2 aromatic rings. The van der Waals surface area contributed by atoms with Gasteiger partial charge in [0.2, 0.25) is 0 Å². The molecule has 2 N–H and O–H groups in total. The molecule has 2 aromatic heterocycles. The molecule has 18 heavy (non-hydrogen) atoms. The van der Waals surface area contributed by atoms with E-state index in [9.17, 15) is 9.59 Å². The molecule has 0 aliphatic carbocycles. The van der Waals surface area contributed by atoms with Gasteiger partial charge in [-0.25, -0.2) is 9.78 Å². The van der Waals surface area contributed by atoms with Crippen LogP contribution < -0.4 is 17.0 Å². The Morgan fingerprint density at radius 2 is 1.89 bits per heavy atom. The standard InChI is InChI=1S/C11H17N5O2/c1-4-16-7(5-6-12)13-8-9(16)14(2)11(18)15(3)10(8)17/h4-6,12H2,1-3H3. The highest BCUT2D eigenvalue weighted by atomic mass is 16.2. The van der Waals surface area contributed by atoms with Crippen molar-refractivity contribution in [2.45, 2.75) is 19.9 Å². The van der Waals surface area contributed by atoms with Gasteiger partial charge in [0.15, 0.2) is 5.52 Å². The molecule has 0 aliphatic rings. The van der Waals surface area contributed by atoms with Gasteiger partial charge in [-0.05, 0) is 13.5 Å². The molecular weight excluding hydrogens is 234 g/mol. The second kappa shape index (κ2) is 4.41. The van der Waals surface area contributed by atoms with E-state index >= 15 is 0 Å². The number of hydrogen-bond acceptors (Lipinski definition) is 4. The van der Waals surface area contributed by atoms with Gasteiger partial charge in [-0.2, -0.15) is 0 Å². The summed E-state index contributed by atoms with van der Waals surface area (Å²) in [6.45, 7) is 3.05. The molecule has 0 fully saturated rings. The smallest absolute Gasteiger partial charge is 0.330 e. The van der Waals surface area contributed by atoms with Crippen LogP contribution in [-0.4, -0.2) is 25.2 Å². The fourth-order valence-electron chi connectivity index (χ4n) is 2.19. The molecule has 2 rings (SSSR count). The first-order valence-electron chi connectivity index (χ1n) is 5.88. The van der Waals surface area contributed by atoms with E-state index < -0.39 is 0 Å². The van der Waals surface area contributed by atoms with Crippen LogP contribution in [0.1, 0.15) is 12.7 Å². The van der Waals surface area contributed by atoms with Crippen LogP contribution in [0.25, 0.3) is 11.2 Å². The third-order valence-corrected chi connectivity index (χ3v) is 3.10. The summed E-state index contributed by atoms with van der Waals surface area (Å²) >= 11 is 0. The third kappa shape index (κ3) is 1.59. The van der Waals surface area contributed by atoms with Crippen LogP contribution >= 0.6 is 0 Å². The van der Waals surface area contributed by atoms with Crippen molar-refractivity contribution in [3.8, 4) is 0 Å². The molecule has 0 bridgehead atoms. The van der Waals surface area contributed by atoms with Gasteiger partial charge >= 0.3 is 5.69 Å². The lowest BCUT2D eigenvalue weighted by Gasteiger charge is -2.08. The fraction of sp³-hybridized carbons (Fsp3) is 0.545. The van der Waals surface area contributed by atoms with E-state index in [2.05, 4.69) is 4.98 Å². The van der Waals surface area contributed by atoms with Crippen LogP contribution in [-0.2, 0) is 27.1 Å². The summed E-state index contributed by atoms with van der Waals surface area (Å²) in [6, 6.07) is 0. The van der Waals surface area contributed by atoms with Gasteiger partial charge in [-0.3, -0.25) is 13.9 Å². The predicted molar refractivity (Wildman–Crippen MR) is 68.6 cm³/mol. The van der Waals surface area contributed by atoms with Crippen molar-refractivity contribution in [2.75, 3.05) is 6.54 Å². The molecular formula is C11H17N5O2. The monoisotopic (exact) mass is 251 g/mol. The molecule has 0 aliphatic heterocycles. The van der Waals surface area contributed by atoms with Crippen LogP contribution in [0, 0.1) is 0 Å². The first-order chi connectivity index (χ1) is 8.52. The lowest BCUT2D eigenvalue weighted by molar-refractivity contribution is 0.662. The van der Waals surface area contributed by atoms with Gasteiger partial charge in [0, 0.05) is 27.1 Å². The van der Waals surface area contributed by atoms with E-state index in [0.717, 1.165) is 10.4 Å². The van der Waals surface area contributed by atoms with Gasteiger partial charge in [-0.1, -0.05) is 0 Å². The number of aryl methyl sites for hydroxylation is 2. The van der Waals surface area contributed by atoms with E-state index in [-0.39, 0.29) is 11.2 Å². The lowest BCUT2D eigenvalue weighted by Crippen LogP contribution is -2.37. The maximum Gasteiger partial charge on any atom is 0.332 e. The van der Waals surface area contributed by atoms with Crippen molar-refractivity contribution in [3.05, 3.63) is 26.7 Å². The van der Waals surface area contributed by atoms with Gasteiger partial charge in [0.25, 0.3) is 5.56 Å². The van der Waals surface area contributed by atoms with Gasteiger partial charge in [0.1, 0.15) is 11.5 Å². The molecule has 0 unspecified atom stereocenters. The van der Waals surface area contributed by atoms with E-state index in [1.165, 1.54) is 11.6 Å². The molecule has 0 spiro atoms. The van der Waals surface area contributed by atoms with Crippen molar-refractivity contribution >= 4 is 11.2 Å². The summed E-state index contributed by atoms with van der Waals surface area (Å²) in [7, 11) is 3.10. The average Bonchev–Trinajstić information content (AvgIpc) is 2.73. The number of aromatic nitrogens is 4. The normalized spacial score (nSPS) is 11.3. The van der Waals surface area contributed by atoms with Crippen LogP contribution in [0.5, 0.6) is 0 Å². The van der Waals surface area contributed by atoms with Gasteiger partial charge in [0.05, 0.1) is 0 Å². The number of imidazole rings is 1. The predicted octanol–water partition coefficient (Wildman–Crippen LogP) is -1.05. The lowest BCUT2D eigenvalue weighted by atomic mass is 10.4. The molecule has 0 amide bonds. The Hall–Kier alpha value is -1.89. The minimum atomic E-state index is -0.362. The minimum absolute atomic E-state index is 0.324. The molecule has 0 saturated heterocycles. The summed E-state index contributed by atoms with van der Waals surface area (Å²) in [5, 5.41) is 0. The molecule has 0 saturated carbocycles. The Morgan fingerprint density at radius 1 is 1.22 bits per heavy atom. The zero-order chi connectivity index (χ0) is 13.4. The summed E-state index contributed by atoms with van der Waals surface area (Å²) in [5.74, 6) is 0.744. The molecule has 98 valence electrons. The molecule has 7 heteroatoms. The van der Waals surface area contributed by atoms with Gasteiger partial charge in [-0.15, -0.1) is 0 Å². The Balaban J connectivity index is 2.98. The number of nitrogens with zero attached hydrogens (tertiary/aromatic N) is 4. The third-order valence-electron chi connectivity index (χ3n) is 3.10. The summed E-state index contributed by atoms with van der Waals surface area (Å²) in [4.78, 5) is 28.3. The minimum Gasteiger partial charge on any atom is -0.330 e. The first-order valence-corrected chi connectivity index (χ1v) is 5.88. The van der Waals surface area contributed by atoms with E-state index in [4.69, 9.17) is 5.73 Å². The molecule has 0 atom stereocenters. The summed E-state index contributed by atoms with van der Waals surface area (Å²) in [5.41, 5.74) is 5.72. The van der Waals surface area contributed by atoms with E-state index in [0.29, 0.717) is 30.7 Å². The van der Waals surface area contributed by atoms with Crippen LogP contribution in [0.4, 0.5) is 0 Å². The highest BCUT2D eigenvalue weighted by Gasteiger charge is 2.17. The number of fused-ring (bicyclic) bond motifs is 1. The Kier molecular flexibility index (Phi) is 3.08. The quantitative estimate of drug-likeness (QED) is 0.754. The van der Waals surface area contributed by atoms with Crippen molar-refractivity contribution in [1.82, 2.24) is 18.7 Å². The molecule has 2 heterocycles. The Labute approximate surface area is 103 Å². The fourth-order valence-corrected chi connectivity index (χ4v) is 2.19. The molecule has 0 aromatic carbocycles. The summed E-state index contributed by atoms with van der Waals surface area (Å²) < 4.78 is 4.39. The highest BCUT2D eigenvalue weighted by molar-refractivity contribution is 5.70. The first kappa shape index (κ1) is 12.6. The maximum absolute atomic E-state index is 12.0. The molecule has 7 nitrogen and oxygen atoms in total. The topological polar surface area (TPSA) is 87.8 Å². The Bertz CT molecular complexity index is 707. The summed E-state index contributed by atoms with van der Waals surface area (Å²) in [6.07, 6.45) is 0.583. The van der Waals surface area contributed by atoms with Crippen molar-refractivity contribution < 1.29 is 0 Å². The number of rotatable bonds is 3. The van der Waals surface area contributed by atoms with Crippen molar-refractivity contribution in [2.24, 2.45) is 19.8 Å². The molecule has 0 radical (unpaired) electrons. The highest BCUT2D eigenvalue weighted by Crippen LogP contribution is 2.11. The SMILES string of the molecule is CCn1c(CCN)nc2c(=O)n(C)c(=O)n(C)c21.